The summed E-state index contributed by atoms with van der Waals surface area (Å²) < 4.78 is 13.9. The van der Waals surface area contributed by atoms with Crippen molar-refractivity contribution in [2.45, 2.75) is 44.1 Å². The van der Waals surface area contributed by atoms with E-state index in [1.54, 1.807) is 12.1 Å². The van der Waals surface area contributed by atoms with Crippen LogP contribution in [-0.2, 0) is 6.42 Å². The summed E-state index contributed by atoms with van der Waals surface area (Å²) in [6, 6.07) is 4.65. The molecule has 3 aliphatic carbocycles. The zero-order valence-electron chi connectivity index (χ0n) is 11.5. The average Bonchev–Trinajstić information content (AvgIpc) is 3.04. The Hall–Kier alpha value is -0.600. The molecule has 3 saturated carbocycles. The lowest BCUT2D eigenvalue weighted by molar-refractivity contribution is -0.0455. The van der Waals surface area contributed by atoms with Gasteiger partial charge in [-0.05, 0) is 73.1 Å². The number of hydrogen-bond donors (Lipinski definition) is 1. The van der Waals surface area contributed by atoms with Crippen LogP contribution in [0.3, 0.4) is 0 Å². The average molecular weight is 295 g/mol. The van der Waals surface area contributed by atoms with E-state index in [4.69, 9.17) is 11.6 Å². The lowest BCUT2D eigenvalue weighted by Crippen LogP contribution is -2.43. The van der Waals surface area contributed by atoms with Crippen LogP contribution in [0, 0.1) is 29.5 Å². The van der Waals surface area contributed by atoms with Crippen molar-refractivity contribution in [1.82, 2.24) is 0 Å². The number of benzene rings is 1. The Labute approximate surface area is 124 Å². The van der Waals surface area contributed by atoms with E-state index in [-0.39, 0.29) is 5.82 Å². The normalized spacial score (nSPS) is 42.1. The van der Waals surface area contributed by atoms with Crippen LogP contribution in [-0.4, -0.2) is 10.7 Å². The van der Waals surface area contributed by atoms with Gasteiger partial charge in [-0.1, -0.05) is 18.0 Å². The van der Waals surface area contributed by atoms with Crippen LogP contribution in [0.2, 0.25) is 5.02 Å². The fourth-order valence-corrected chi connectivity index (χ4v) is 5.64. The van der Waals surface area contributed by atoms with E-state index in [9.17, 15) is 9.50 Å². The molecule has 0 radical (unpaired) electrons. The smallest absolute Gasteiger partial charge is 0.126 e. The molecule has 5 atom stereocenters. The van der Waals surface area contributed by atoms with Crippen LogP contribution in [0.4, 0.5) is 4.39 Å². The first-order valence-electron chi connectivity index (χ1n) is 7.73. The fourth-order valence-electron chi connectivity index (χ4n) is 5.45. The Kier molecular flexibility index (Phi) is 2.91. The minimum Gasteiger partial charge on any atom is -0.389 e. The molecule has 0 aromatic heterocycles. The standard InChI is InChI=1S/C17H20ClFO/c18-12-4-5-16(19)11(6-12)9-17(20)8-10-7-15(17)14-3-1-2-13(10)14/h4-6,10,13-15,20H,1-3,7-9H2. The van der Waals surface area contributed by atoms with E-state index in [1.807, 2.05) is 0 Å². The van der Waals surface area contributed by atoms with Crippen molar-refractivity contribution in [2.24, 2.45) is 23.7 Å². The van der Waals surface area contributed by atoms with Gasteiger partial charge >= 0.3 is 0 Å². The Bertz CT molecular complexity index is 546. The Morgan fingerprint density at radius 3 is 2.95 bits per heavy atom. The Morgan fingerprint density at radius 2 is 2.10 bits per heavy atom. The minimum absolute atomic E-state index is 0.242. The molecule has 3 aliphatic rings. The SMILES string of the molecule is OC1(Cc2cc(Cl)ccc2F)CC2CC1C1CCCC21. The van der Waals surface area contributed by atoms with Crippen LogP contribution in [0.25, 0.3) is 0 Å². The second kappa shape index (κ2) is 4.45. The molecule has 20 heavy (non-hydrogen) atoms. The Balaban J connectivity index is 1.61. The molecule has 0 saturated heterocycles. The van der Waals surface area contributed by atoms with Gasteiger partial charge in [0, 0.05) is 11.4 Å². The molecule has 3 heteroatoms. The monoisotopic (exact) mass is 294 g/mol. The molecule has 2 bridgehead atoms. The minimum atomic E-state index is -0.707. The number of hydrogen-bond acceptors (Lipinski definition) is 1. The van der Waals surface area contributed by atoms with Crippen LogP contribution in [0.15, 0.2) is 18.2 Å². The molecule has 108 valence electrons. The van der Waals surface area contributed by atoms with Crippen LogP contribution in [0.1, 0.15) is 37.7 Å². The Morgan fingerprint density at radius 1 is 1.30 bits per heavy atom. The lowest BCUT2D eigenvalue weighted by Gasteiger charge is -2.39. The second-order valence-electron chi connectivity index (χ2n) is 7.08. The van der Waals surface area contributed by atoms with Gasteiger partial charge in [0.2, 0.25) is 0 Å². The van der Waals surface area contributed by atoms with Crippen molar-refractivity contribution in [3.05, 3.63) is 34.6 Å². The summed E-state index contributed by atoms with van der Waals surface area (Å²) in [7, 11) is 0. The quantitative estimate of drug-likeness (QED) is 0.866. The zero-order valence-corrected chi connectivity index (χ0v) is 12.2. The van der Waals surface area contributed by atoms with E-state index in [0.29, 0.717) is 34.8 Å². The third-order valence-electron chi connectivity index (χ3n) is 6.11. The maximum absolute atomic E-state index is 13.9. The van der Waals surface area contributed by atoms with Crippen molar-refractivity contribution in [1.29, 1.82) is 0 Å². The predicted molar refractivity (Wildman–Crippen MR) is 77.1 cm³/mol. The maximum Gasteiger partial charge on any atom is 0.126 e. The highest BCUT2D eigenvalue weighted by atomic mass is 35.5. The molecule has 0 spiro atoms. The molecule has 4 rings (SSSR count). The summed E-state index contributed by atoms with van der Waals surface area (Å²) in [4.78, 5) is 0. The number of rotatable bonds is 2. The topological polar surface area (TPSA) is 20.2 Å². The van der Waals surface area contributed by atoms with Crippen molar-refractivity contribution < 1.29 is 9.50 Å². The van der Waals surface area contributed by atoms with E-state index in [0.717, 1.165) is 18.8 Å². The fraction of sp³-hybridized carbons (Fsp3) is 0.647. The molecule has 0 aliphatic heterocycles. The van der Waals surface area contributed by atoms with Gasteiger partial charge in [-0.25, -0.2) is 4.39 Å². The summed E-state index contributed by atoms with van der Waals surface area (Å²) in [5, 5.41) is 11.6. The highest BCUT2D eigenvalue weighted by molar-refractivity contribution is 6.30. The van der Waals surface area contributed by atoms with Crippen LogP contribution in [0.5, 0.6) is 0 Å². The molecule has 1 aromatic carbocycles. The van der Waals surface area contributed by atoms with E-state index < -0.39 is 5.60 Å². The summed E-state index contributed by atoms with van der Waals surface area (Å²) in [5.41, 5.74) is -0.135. The van der Waals surface area contributed by atoms with Gasteiger partial charge < -0.3 is 5.11 Å². The largest absolute Gasteiger partial charge is 0.389 e. The molecule has 0 amide bonds. The first-order chi connectivity index (χ1) is 9.57. The van der Waals surface area contributed by atoms with Crippen molar-refractivity contribution in [3.8, 4) is 0 Å². The first kappa shape index (κ1) is 13.1. The molecular formula is C17H20ClFO. The number of fused-ring (bicyclic) bond motifs is 5. The first-order valence-corrected chi connectivity index (χ1v) is 8.11. The van der Waals surface area contributed by atoms with Gasteiger partial charge in [0.25, 0.3) is 0 Å². The van der Waals surface area contributed by atoms with Crippen molar-refractivity contribution in [2.75, 3.05) is 0 Å². The van der Waals surface area contributed by atoms with Gasteiger partial charge in [0.05, 0.1) is 5.60 Å². The third-order valence-corrected chi connectivity index (χ3v) is 6.35. The number of halogens is 2. The highest BCUT2D eigenvalue weighted by Gasteiger charge is 2.60. The molecular weight excluding hydrogens is 275 g/mol. The van der Waals surface area contributed by atoms with Gasteiger partial charge in [-0.2, -0.15) is 0 Å². The van der Waals surface area contributed by atoms with E-state index >= 15 is 0 Å². The third kappa shape index (κ3) is 1.84. The lowest BCUT2D eigenvalue weighted by atomic mass is 9.70. The summed E-state index contributed by atoms with van der Waals surface area (Å²) in [6.45, 7) is 0. The predicted octanol–water partition coefficient (Wildman–Crippen LogP) is 4.21. The van der Waals surface area contributed by atoms with Crippen LogP contribution < -0.4 is 0 Å². The van der Waals surface area contributed by atoms with Crippen LogP contribution >= 0.6 is 11.6 Å². The van der Waals surface area contributed by atoms with Crippen molar-refractivity contribution >= 4 is 11.6 Å². The molecule has 1 nitrogen and oxygen atoms in total. The molecule has 1 aromatic rings. The molecule has 5 unspecified atom stereocenters. The van der Waals surface area contributed by atoms with Gasteiger partial charge in [-0.15, -0.1) is 0 Å². The van der Waals surface area contributed by atoms with Gasteiger partial charge in [-0.3, -0.25) is 0 Å². The second-order valence-corrected chi connectivity index (χ2v) is 7.52. The molecule has 1 N–H and O–H groups in total. The van der Waals surface area contributed by atoms with E-state index in [1.165, 1.54) is 25.3 Å². The summed E-state index contributed by atoms with van der Waals surface area (Å²) in [5.74, 6) is 2.32. The zero-order chi connectivity index (χ0) is 13.9. The van der Waals surface area contributed by atoms with E-state index in [2.05, 4.69) is 0 Å². The maximum atomic E-state index is 13.9. The molecule has 3 fully saturated rings. The van der Waals surface area contributed by atoms with Gasteiger partial charge in [0.15, 0.2) is 0 Å². The summed E-state index contributed by atoms with van der Waals surface area (Å²) in [6.07, 6.45) is 6.33. The van der Waals surface area contributed by atoms with Gasteiger partial charge in [0.1, 0.15) is 5.82 Å². The summed E-state index contributed by atoms with van der Waals surface area (Å²) >= 11 is 5.97. The van der Waals surface area contributed by atoms with Crippen molar-refractivity contribution in [3.63, 3.8) is 0 Å². The number of aliphatic hydroxyl groups is 1. The highest BCUT2D eigenvalue weighted by Crippen LogP contribution is 2.63. The molecule has 0 heterocycles.